The third kappa shape index (κ3) is 3.15. The fraction of sp³-hybridized carbons (Fsp3) is 0.500. The van der Waals surface area contributed by atoms with Gasteiger partial charge in [-0.05, 0) is 37.0 Å². The van der Waals surface area contributed by atoms with Crippen molar-refractivity contribution in [2.45, 2.75) is 25.8 Å². The summed E-state index contributed by atoms with van der Waals surface area (Å²) >= 11 is 3.21. The summed E-state index contributed by atoms with van der Waals surface area (Å²) in [7, 11) is 0. The van der Waals surface area contributed by atoms with Gasteiger partial charge in [0.15, 0.2) is 0 Å². The van der Waals surface area contributed by atoms with E-state index >= 15 is 0 Å². The van der Waals surface area contributed by atoms with Gasteiger partial charge >= 0.3 is 0 Å². The second-order valence-electron chi connectivity index (χ2n) is 5.08. The van der Waals surface area contributed by atoms with Crippen LogP contribution >= 0.6 is 15.9 Å². The van der Waals surface area contributed by atoms with Crippen molar-refractivity contribution in [1.82, 2.24) is 4.90 Å². The van der Waals surface area contributed by atoms with E-state index < -0.39 is 5.82 Å². The summed E-state index contributed by atoms with van der Waals surface area (Å²) in [6, 6.07) is 4.32. The van der Waals surface area contributed by atoms with Crippen LogP contribution in [0, 0.1) is 11.7 Å². The van der Waals surface area contributed by atoms with Crippen molar-refractivity contribution in [3.63, 3.8) is 0 Å². The van der Waals surface area contributed by atoms with Crippen LogP contribution in [0.3, 0.4) is 0 Å². The number of nitrogens with zero attached hydrogens (tertiary/aromatic N) is 1. The number of nitrogens with two attached hydrogens (primary N) is 1. The molecule has 104 valence electrons. The maximum absolute atomic E-state index is 13.4. The highest BCUT2D eigenvalue weighted by atomic mass is 79.9. The number of piperidine rings is 1. The Morgan fingerprint density at radius 3 is 2.89 bits per heavy atom. The van der Waals surface area contributed by atoms with Crippen LogP contribution in [0.5, 0.6) is 0 Å². The standard InChI is InChI=1S/C14H18BrFN2O/c1-9-3-2-4-18(13(9)8-17)14(19)10-5-11(15)7-12(16)6-10/h5-7,9,13H,2-4,8,17H2,1H3. The molecule has 1 aliphatic heterocycles. The van der Waals surface area contributed by atoms with Gasteiger partial charge in [0.1, 0.15) is 5.82 Å². The summed E-state index contributed by atoms with van der Waals surface area (Å²) in [6.07, 6.45) is 2.05. The van der Waals surface area contributed by atoms with E-state index in [4.69, 9.17) is 5.73 Å². The number of rotatable bonds is 2. The Bertz CT molecular complexity index is 460. The molecule has 0 aliphatic carbocycles. The Hall–Kier alpha value is -0.940. The summed E-state index contributed by atoms with van der Waals surface area (Å²) in [6.45, 7) is 3.25. The molecule has 2 atom stereocenters. The molecule has 1 saturated heterocycles. The molecule has 2 unspecified atom stereocenters. The Morgan fingerprint density at radius 1 is 1.53 bits per heavy atom. The minimum absolute atomic E-state index is 0.0447. The van der Waals surface area contributed by atoms with Crippen LogP contribution in [0.25, 0.3) is 0 Å². The SMILES string of the molecule is CC1CCCN(C(=O)c2cc(F)cc(Br)c2)C1CN. The van der Waals surface area contributed by atoms with Gasteiger partial charge in [-0.3, -0.25) is 4.79 Å². The van der Waals surface area contributed by atoms with E-state index in [0.29, 0.717) is 29.0 Å². The van der Waals surface area contributed by atoms with Gasteiger partial charge in [0.05, 0.1) is 0 Å². The molecule has 0 bridgehead atoms. The Balaban J connectivity index is 2.26. The van der Waals surface area contributed by atoms with Gasteiger partial charge in [0, 0.05) is 29.2 Å². The fourth-order valence-corrected chi connectivity index (χ4v) is 3.17. The second-order valence-corrected chi connectivity index (χ2v) is 5.99. The molecule has 19 heavy (non-hydrogen) atoms. The summed E-state index contributed by atoms with van der Waals surface area (Å²) in [5.74, 6) is -0.158. The number of amides is 1. The Morgan fingerprint density at radius 2 is 2.26 bits per heavy atom. The van der Waals surface area contributed by atoms with Crippen molar-refractivity contribution in [3.8, 4) is 0 Å². The highest BCUT2D eigenvalue weighted by Crippen LogP contribution is 2.25. The number of carbonyl (C=O) groups excluding carboxylic acids is 1. The average molecular weight is 329 g/mol. The first-order valence-corrected chi connectivity index (χ1v) is 7.29. The first-order chi connectivity index (χ1) is 9.02. The lowest BCUT2D eigenvalue weighted by Gasteiger charge is -2.39. The molecule has 1 amide bonds. The molecule has 2 N–H and O–H groups in total. The van der Waals surface area contributed by atoms with Gasteiger partial charge in [0.25, 0.3) is 5.91 Å². The molecule has 1 aliphatic rings. The highest BCUT2D eigenvalue weighted by Gasteiger charge is 2.31. The molecule has 1 fully saturated rings. The van der Waals surface area contributed by atoms with E-state index in [0.717, 1.165) is 12.8 Å². The fourth-order valence-electron chi connectivity index (χ4n) is 2.70. The molecule has 0 spiro atoms. The summed E-state index contributed by atoms with van der Waals surface area (Å²) in [5, 5.41) is 0. The van der Waals surface area contributed by atoms with Crippen LogP contribution in [0.1, 0.15) is 30.1 Å². The van der Waals surface area contributed by atoms with Crippen molar-refractivity contribution < 1.29 is 9.18 Å². The third-order valence-corrected chi connectivity index (χ3v) is 4.19. The van der Waals surface area contributed by atoms with Crippen LogP contribution in [0.2, 0.25) is 0 Å². The number of hydrogen-bond donors (Lipinski definition) is 1. The largest absolute Gasteiger partial charge is 0.334 e. The lowest BCUT2D eigenvalue weighted by atomic mass is 9.90. The first-order valence-electron chi connectivity index (χ1n) is 6.50. The number of halogens is 2. The van der Waals surface area contributed by atoms with E-state index in [9.17, 15) is 9.18 Å². The lowest BCUT2D eigenvalue weighted by Crippen LogP contribution is -2.51. The minimum Gasteiger partial charge on any atom is -0.334 e. The van der Waals surface area contributed by atoms with Crippen LogP contribution in [0.15, 0.2) is 22.7 Å². The first kappa shape index (κ1) is 14.5. The highest BCUT2D eigenvalue weighted by molar-refractivity contribution is 9.10. The Kier molecular flexibility index (Phi) is 4.58. The molecule has 0 aromatic heterocycles. The van der Waals surface area contributed by atoms with Gasteiger partial charge in [0.2, 0.25) is 0 Å². The lowest BCUT2D eigenvalue weighted by molar-refractivity contribution is 0.0532. The maximum atomic E-state index is 13.4. The predicted octanol–water partition coefficient (Wildman–Crippen LogP) is 2.79. The normalized spacial score (nSPS) is 23.5. The number of benzene rings is 1. The zero-order valence-electron chi connectivity index (χ0n) is 10.9. The van der Waals surface area contributed by atoms with Gasteiger partial charge in [-0.1, -0.05) is 22.9 Å². The summed E-state index contributed by atoms with van der Waals surface area (Å²) in [5.41, 5.74) is 6.16. The molecule has 3 nitrogen and oxygen atoms in total. The number of likely N-dealkylation sites (tertiary alicyclic amines) is 1. The number of carbonyl (C=O) groups is 1. The zero-order chi connectivity index (χ0) is 14.0. The Labute approximate surface area is 121 Å². The van der Waals surface area contributed by atoms with Crippen molar-refractivity contribution in [2.75, 3.05) is 13.1 Å². The van der Waals surface area contributed by atoms with Crippen LogP contribution < -0.4 is 5.73 Å². The minimum atomic E-state index is -0.410. The summed E-state index contributed by atoms with van der Waals surface area (Å²) in [4.78, 5) is 14.3. The van der Waals surface area contributed by atoms with Gasteiger partial charge in [-0.15, -0.1) is 0 Å². The zero-order valence-corrected chi connectivity index (χ0v) is 12.5. The predicted molar refractivity (Wildman–Crippen MR) is 76.4 cm³/mol. The van der Waals surface area contributed by atoms with Gasteiger partial charge < -0.3 is 10.6 Å². The molecular weight excluding hydrogens is 311 g/mol. The molecule has 1 heterocycles. The van der Waals surface area contributed by atoms with Gasteiger partial charge in [-0.25, -0.2) is 4.39 Å². The van der Waals surface area contributed by atoms with E-state index in [-0.39, 0.29) is 11.9 Å². The average Bonchev–Trinajstić information content (AvgIpc) is 2.36. The van der Waals surface area contributed by atoms with Crippen molar-refractivity contribution in [3.05, 3.63) is 34.1 Å². The molecule has 1 aromatic rings. The molecule has 0 radical (unpaired) electrons. The van der Waals surface area contributed by atoms with Crippen LogP contribution in [-0.4, -0.2) is 29.9 Å². The molecule has 5 heteroatoms. The van der Waals surface area contributed by atoms with Crippen molar-refractivity contribution in [2.24, 2.45) is 11.7 Å². The van der Waals surface area contributed by atoms with E-state index in [2.05, 4.69) is 22.9 Å². The topological polar surface area (TPSA) is 46.3 Å². The van der Waals surface area contributed by atoms with Crippen LogP contribution in [0.4, 0.5) is 4.39 Å². The van der Waals surface area contributed by atoms with Crippen LogP contribution in [-0.2, 0) is 0 Å². The van der Waals surface area contributed by atoms with Crippen molar-refractivity contribution >= 4 is 21.8 Å². The van der Waals surface area contributed by atoms with Gasteiger partial charge in [-0.2, -0.15) is 0 Å². The maximum Gasteiger partial charge on any atom is 0.254 e. The molecular formula is C14H18BrFN2O. The second kappa shape index (κ2) is 6.01. The molecule has 2 rings (SSSR count). The number of hydrogen-bond acceptors (Lipinski definition) is 2. The van der Waals surface area contributed by atoms with E-state index in [1.54, 1.807) is 11.0 Å². The smallest absolute Gasteiger partial charge is 0.254 e. The van der Waals surface area contributed by atoms with E-state index in [1.807, 2.05) is 0 Å². The molecule has 0 saturated carbocycles. The monoisotopic (exact) mass is 328 g/mol. The van der Waals surface area contributed by atoms with Crippen molar-refractivity contribution in [1.29, 1.82) is 0 Å². The third-order valence-electron chi connectivity index (χ3n) is 3.73. The molecule has 1 aromatic carbocycles. The van der Waals surface area contributed by atoms with E-state index in [1.165, 1.54) is 12.1 Å². The summed E-state index contributed by atoms with van der Waals surface area (Å²) < 4.78 is 14.0. The quantitative estimate of drug-likeness (QED) is 0.907.